The summed E-state index contributed by atoms with van der Waals surface area (Å²) in [5.74, 6) is 0.679. The van der Waals surface area contributed by atoms with Gasteiger partial charge in [0.15, 0.2) is 0 Å². The summed E-state index contributed by atoms with van der Waals surface area (Å²) >= 11 is 0. The lowest BCUT2D eigenvalue weighted by Gasteiger charge is -2.43. The molecule has 0 fully saturated rings. The van der Waals surface area contributed by atoms with Crippen LogP contribution in [-0.4, -0.2) is 37.9 Å². The first-order valence-corrected chi connectivity index (χ1v) is 7.54. The minimum Gasteiger partial charge on any atom is -0.497 e. The van der Waals surface area contributed by atoms with E-state index in [0.29, 0.717) is 6.54 Å². The molecule has 1 aromatic carbocycles. The summed E-state index contributed by atoms with van der Waals surface area (Å²) in [6.45, 7) is 2.70. The summed E-state index contributed by atoms with van der Waals surface area (Å²) < 4.78 is 5.34. The van der Waals surface area contributed by atoms with Crippen molar-refractivity contribution in [2.45, 2.75) is 31.0 Å². The monoisotopic (exact) mass is 298 g/mol. The van der Waals surface area contributed by atoms with Gasteiger partial charge in [0.05, 0.1) is 31.8 Å². The van der Waals surface area contributed by atoms with Crippen molar-refractivity contribution in [2.24, 2.45) is 25.8 Å². The summed E-state index contributed by atoms with van der Waals surface area (Å²) in [5.41, 5.74) is -0.125. The predicted octanol–water partition coefficient (Wildman–Crippen LogP) is 2.81. The Labute approximate surface area is 128 Å². The Morgan fingerprint density at radius 2 is 2.32 bits per heavy atom. The van der Waals surface area contributed by atoms with E-state index in [1.165, 1.54) is 0 Å². The molecule has 0 saturated heterocycles. The molecule has 0 radical (unpaired) electrons. The number of benzene rings is 1. The van der Waals surface area contributed by atoms with Crippen molar-refractivity contribution in [3.05, 3.63) is 29.8 Å². The maximum Gasteiger partial charge on any atom is 0.271 e. The Balaban J connectivity index is 1.85. The van der Waals surface area contributed by atoms with Crippen LogP contribution in [0.25, 0.3) is 0 Å². The topological polar surface area (TPSA) is 67.9 Å². The van der Waals surface area contributed by atoms with E-state index < -0.39 is 5.72 Å². The second-order valence-corrected chi connectivity index (χ2v) is 5.94. The fraction of sp³-hybridized carbons (Fsp3) is 0.500. The minimum atomic E-state index is -0.804. The summed E-state index contributed by atoms with van der Waals surface area (Å²) in [7, 11) is 1.66. The van der Waals surface area contributed by atoms with Gasteiger partial charge in [0, 0.05) is 6.21 Å². The number of rotatable bonds is 3. The van der Waals surface area contributed by atoms with Gasteiger partial charge in [-0.15, -0.1) is 5.11 Å². The highest BCUT2D eigenvalue weighted by atomic mass is 16.7. The number of oxime groups is 1. The van der Waals surface area contributed by atoms with Crippen LogP contribution in [0.3, 0.4) is 0 Å². The van der Waals surface area contributed by atoms with Crippen LogP contribution in [0, 0.1) is 5.41 Å². The third-order valence-corrected chi connectivity index (χ3v) is 4.96. The maximum absolute atomic E-state index is 5.81. The van der Waals surface area contributed by atoms with Crippen molar-refractivity contribution < 1.29 is 9.57 Å². The van der Waals surface area contributed by atoms with Crippen molar-refractivity contribution in [1.29, 1.82) is 0 Å². The molecule has 0 saturated carbocycles. The van der Waals surface area contributed by atoms with Gasteiger partial charge in [-0.1, -0.05) is 24.2 Å². The minimum absolute atomic E-state index is 0.0932. The van der Waals surface area contributed by atoms with Gasteiger partial charge in [-0.05, 0) is 24.1 Å². The van der Waals surface area contributed by atoms with Crippen molar-refractivity contribution in [2.75, 3.05) is 13.7 Å². The van der Waals surface area contributed by atoms with Crippen molar-refractivity contribution >= 4 is 12.4 Å². The Kier molecular flexibility index (Phi) is 2.82. The van der Waals surface area contributed by atoms with Crippen molar-refractivity contribution in [3.63, 3.8) is 0 Å². The Bertz CT molecular complexity index is 686. The maximum atomic E-state index is 5.81. The van der Waals surface area contributed by atoms with E-state index in [-0.39, 0.29) is 17.4 Å². The standard InChI is InChI=1S/C16H18N4O2/c1-3-14-15-9-18-20-16(15,22-19-10-15)13(8-17-14)11-5-4-6-12(7-11)21-2/h4-8,10,13-14H,3,9H2,1-2H3. The van der Waals surface area contributed by atoms with Gasteiger partial charge in [0.1, 0.15) is 11.2 Å². The molecule has 0 spiro atoms. The van der Waals surface area contributed by atoms with Gasteiger partial charge in [-0.2, -0.15) is 5.11 Å². The molecule has 4 unspecified atom stereocenters. The molecule has 4 atom stereocenters. The first-order chi connectivity index (χ1) is 10.8. The lowest BCUT2D eigenvalue weighted by atomic mass is 9.65. The van der Waals surface area contributed by atoms with Crippen LogP contribution in [0.15, 0.2) is 44.6 Å². The van der Waals surface area contributed by atoms with Crippen molar-refractivity contribution in [3.8, 4) is 5.75 Å². The van der Waals surface area contributed by atoms with E-state index >= 15 is 0 Å². The molecule has 3 aliphatic heterocycles. The molecule has 6 nitrogen and oxygen atoms in total. The lowest BCUT2D eigenvalue weighted by Crippen LogP contribution is -2.57. The molecule has 0 N–H and O–H groups in total. The zero-order valence-corrected chi connectivity index (χ0v) is 12.6. The Morgan fingerprint density at radius 1 is 1.41 bits per heavy atom. The molecule has 0 amide bonds. The summed E-state index contributed by atoms with van der Waals surface area (Å²) in [4.78, 5) is 10.6. The fourth-order valence-corrected chi connectivity index (χ4v) is 3.78. The highest BCUT2D eigenvalue weighted by molar-refractivity contribution is 5.81. The van der Waals surface area contributed by atoms with Crippen molar-refractivity contribution in [1.82, 2.24) is 0 Å². The Hall–Kier alpha value is -2.24. The molecule has 3 heterocycles. The predicted molar refractivity (Wildman–Crippen MR) is 82.8 cm³/mol. The van der Waals surface area contributed by atoms with Gasteiger partial charge < -0.3 is 9.57 Å². The molecular formula is C16H18N4O2. The van der Waals surface area contributed by atoms with E-state index in [0.717, 1.165) is 17.7 Å². The van der Waals surface area contributed by atoms with Crippen LogP contribution >= 0.6 is 0 Å². The molecule has 6 heteroatoms. The second kappa shape index (κ2) is 4.63. The average molecular weight is 298 g/mol. The first-order valence-electron chi connectivity index (χ1n) is 7.54. The third kappa shape index (κ3) is 1.50. The Morgan fingerprint density at radius 3 is 3.14 bits per heavy atom. The van der Waals surface area contributed by atoms with Crippen LogP contribution in [0.1, 0.15) is 24.8 Å². The van der Waals surface area contributed by atoms with Crippen LogP contribution in [-0.2, 0) is 4.84 Å². The van der Waals surface area contributed by atoms with Crippen LogP contribution in [0.4, 0.5) is 0 Å². The molecule has 4 rings (SSSR count). The molecule has 1 aromatic rings. The summed E-state index contributed by atoms with van der Waals surface area (Å²) in [6, 6.07) is 8.02. The quantitative estimate of drug-likeness (QED) is 0.861. The van der Waals surface area contributed by atoms with Crippen LogP contribution < -0.4 is 4.74 Å². The van der Waals surface area contributed by atoms with E-state index in [4.69, 9.17) is 14.6 Å². The normalized spacial score (nSPS) is 37.7. The fourth-order valence-electron chi connectivity index (χ4n) is 3.78. The number of methoxy groups -OCH3 is 1. The van der Waals surface area contributed by atoms with Gasteiger partial charge in [-0.3, -0.25) is 4.99 Å². The molecular weight excluding hydrogens is 280 g/mol. The molecule has 0 bridgehead atoms. The first kappa shape index (κ1) is 13.4. The zero-order chi connectivity index (χ0) is 15.2. The smallest absolute Gasteiger partial charge is 0.271 e. The molecule has 22 heavy (non-hydrogen) atoms. The van der Waals surface area contributed by atoms with Gasteiger partial charge >= 0.3 is 0 Å². The number of aliphatic imine (C=N–C) groups is 1. The number of hydrogen-bond donors (Lipinski definition) is 0. The number of nitrogens with zero attached hydrogens (tertiary/aromatic N) is 4. The SMILES string of the molecule is CCC1N=CC(c2cccc(OC)c2)C23N=NCC12C=NO3. The van der Waals surface area contributed by atoms with Crippen LogP contribution in [0.2, 0.25) is 0 Å². The second-order valence-electron chi connectivity index (χ2n) is 5.94. The van der Waals surface area contributed by atoms with Gasteiger partial charge in [0.2, 0.25) is 0 Å². The molecule has 3 aliphatic rings. The number of azo groups is 1. The zero-order valence-electron chi connectivity index (χ0n) is 12.6. The van der Waals surface area contributed by atoms with E-state index in [9.17, 15) is 0 Å². The molecule has 0 aliphatic carbocycles. The van der Waals surface area contributed by atoms with E-state index in [1.54, 1.807) is 7.11 Å². The number of hydrogen-bond acceptors (Lipinski definition) is 6. The largest absolute Gasteiger partial charge is 0.497 e. The van der Waals surface area contributed by atoms with Gasteiger partial charge in [0.25, 0.3) is 5.72 Å². The molecule has 114 valence electrons. The summed E-state index contributed by atoms with van der Waals surface area (Å²) in [5, 5.41) is 12.9. The highest BCUT2D eigenvalue weighted by Crippen LogP contribution is 2.56. The lowest BCUT2D eigenvalue weighted by molar-refractivity contribution is -0.0791. The van der Waals surface area contributed by atoms with Gasteiger partial charge in [-0.25, -0.2) is 0 Å². The third-order valence-electron chi connectivity index (χ3n) is 4.96. The van der Waals surface area contributed by atoms with E-state index in [1.807, 2.05) is 36.7 Å². The average Bonchev–Trinajstić information content (AvgIpc) is 3.10. The summed E-state index contributed by atoms with van der Waals surface area (Å²) in [6.07, 6.45) is 4.72. The molecule has 0 aromatic heterocycles. The van der Waals surface area contributed by atoms with E-state index in [2.05, 4.69) is 22.3 Å². The van der Waals surface area contributed by atoms with Crippen LogP contribution in [0.5, 0.6) is 5.75 Å². The highest BCUT2D eigenvalue weighted by Gasteiger charge is 2.69. The number of ether oxygens (including phenoxy) is 1.